The molecule has 0 aliphatic rings. The van der Waals surface area contributed by atoms with Gasteiger partial charge >= 0.3 is 0 Å². The van der Waals surface area contributed by atoms with Gasteiger partial charge in [-0.15, -0.1) is 11.8 Å². The smallest absolute Gasteiger partial charge is 0.161 e. The number of hydrogen-bond acceptors (Lipinski definition) is 2. The summed E-state index contributed by atoms with van der Waals surface area (Å²) in [6.07, 6.45) is 0. The van der Waals surface area contributed by atoms with E-state index in [0.717, 1.165) is 4.90 Å². The second kappa shape index (κ2) is 4.79. The van der Waals surface area contributed by atoms with E-state index in [1.807, 2.05) is 13.8 Å². The SMILES string of the molecule is CC(=O)c1cc(F)c(C)cc1SC(C)C. The van der Waals surface area contributed by atoms with Crippen LogP contribution in [0.2, 0.25) is 0 Å². The lowest BCUT2D eigenvalue weighted by atomic mass is 10.1. The molecule has 0 amide bonds. The summed E-state index contributed by atoms with van der Waals surface area (Å²) in [5.41, 5.74) is 1.07. The topological polar surface area (TPSA) is 17.1 Å². The summed E-state index contributed by atoms with van der Waals surface area (Å²) in [4.78, 5) is 12.2. The number of thioether (sulfide) groups is 1. The average molecular weight is 226 g/mol. The zero-order valence-electron chi connectivity index (χ0n) is 9.43. The molecule has 0 heterocycles. The van der Waals surface area contributed by atoms with Crippen LogP contribution in [0.3, 0.4) is 0 Å². The normalized spacial score (nSPS) is 10.8. The van der Waals surface area contributed by atoms with Gasteiger partial charge in [0, 0.05) is 15.7 Å². The van der Waals surface area contributed by atoms with Gasteiger partial charge in [0.2, 0.25) is 0 Å². The fraction of sp³-hybridized carbons (Fsp3) is 0.417. The van der Waals surface area contributed by atoms with Crippen molar-refractivity contribution in [1.29, 1.82) is 0 Å². The zero-order valence-corrected chi connectivity index (χ0v) is 10.2. The van der Waals surface area contributed by atoms with Crippen LogP contribution in [0.4, 0.5) is 4.39 Å². The standard InChI is InChI=1S/C12H15FOS/c1-7(2)15-12-5-8(3)11(13)6-10(12)9(4)14/h5-7H,1-4H3. The van der Waals surface area contributed by atoms with Crippen LogP contribution < -0.4 is 0 Å². The van der Waals surface area contributed by atoms with Crippen molar-refractivity contribution >= 4 is 17.5 Å². The number of Topliss-reactive ketones (excluding diaryl/α,β-unsaturated/α-hetero) is 1. The van der Waals surface area contributed by atoms with Gasteiger partial charge in [-0.3, -0.25) is 4.79 Å². The first-order chi connectivity index (χ1) is 6.91. The molecule has 0 saturated heterocycles. The Kier molecular flexibility index (Phi) is 3.91. The van der Waals surface area contributed by atoms with Gasteiger partial charge in [0.25, 0.3) is 0 Å². The number of carbonyl (C=O) groups excluding carboxylic acids is 1. The Morgan fingerprint density at radius 1 is 1.40 bits per heavy atom. The van der Waals surface area contributed by atoms with Crippen molar-refractivity contribution in [2.24, 2.45) is 0 Å². The molecular weight excluding hydrogens is 211 g/mol. The van der Waals surface area contributed by atoms with Gasteiger partial charge in [0.1, 0.15) is 5.82 Å². The summed E-state index contributed by atoms with van der Waals surface area (Å²) < 4.78 is 13.3. The highest BCUT2D eigenvalue weighted by molar-refractivity contribution is 8.00. The first kappa shape index (κ1) is 12.2. The number of carbonyl (C=O) groups is 1. The highest BCUT2D eigenvalue weighted by Gasteiger charge is 2.12. The molecule has 15 heavy (non-hydrogen) atoms. The Morgan fingerprint density at radius 3 is 2.47 bits per heavy atom. The second-order valence-corrected chi connectivity index (χ2v) is 5.44. The van der Waals surface area contributed by atoms with Gasteiger partial charge in [0.15, 0.2) is 5.78 Å². The van der Waals surface area contributed by atoms with Crippen molar-refractivity contribution in [1.82, 2.24) is 0 Å². The van der Waals surface area contributed by atoms with E-state index >= 15 is 0 Å². The minimum absolute atomic E-state index is 0.0861. The summed E-state index contributed by atoms with van der Waals surface area (Å²) in [5.74, 6) is -0.398. The fourth-order valence-corrected chi connectivity index (χ4v) is 2.36. The summed E-state index contributed by atoms with van der Waals surface area (Å²) in [5, 5.41) is 0.382. The van der Waals surface area contributed by atoms with Gasteiger partial charge in [-0.1, -0.05) is 13.8 Å². The Balaban J connectivity index is 3.22. The lowest BCUT2D eigenvalue weighted by Gasteiger charge is -2.10. The van der Waals surface area contributed by atoms with Gasteiger partial charge in [-0.05, 0) is 31.5 Å². The highest BCUT2D eigenvalue weighted by atomic mass is 32.2. The average Bonchev–Trinajstić information content (AvgIpc) is 2.09. The van der Waals surface area contributed by atoms with Crippen molar-refractivity contribution in [3.63, 3.8) is 0 Å². The van der Waals surface area contributed by atoms with Crippen LogP contribution in [0.1, 0.15) is 36.7 Å². The van der Waals surface area contributed by atoms with Crippen LogP contribution in [-0.2, 0) is 0 Å². The van der Waals surface area contributed by atoms with Crippen LogP contribution in [0.5, 0.6) is 0 Å². The molecule has 1 aromatic carbocycles. The van der Waals surface area contributed by atoms with Crippen molar-refractivity contribution < 1.29 is 9.18 Å². The fourth-order valence-electron chi connectivity index (χ4n) is 1.28. The monoisotopic (exact) mass is 226 g/mol. The molecule has 0 atom stereocenters. The number of halogens is 1. The van der Waals surface area contributed by atoms with Crippen molar-refractivity contribution in [2.75, 3.05) is 0 Å². The summed E-state index contributed by atoms with van der Waals surface area (Å²) in [7, 11) is 0. The van der Waals surface area contributed by atoms with Crippen molar-refractivity contribution in [3.05, 3.63) is 29.1 Å². The number of rotatable bonds is 3. The molecule has 0 N–H and O–H groups in total. The summed E-state index contributed by atoms with van der Waals surface area (Å²) >= 11 is 1.59. The lowest BCUT2D eigenvalue weighted by Crippen LogP contribution is -2.00. The van der Waals surface area contributed by atoms with E-state index in [0.29, 0.717) is 16.4 Å². The largest absolute Gasteiger partial charge is 0.294 e. The van der Waals surface area contributed by atoms with Crippen LogP contribution in [0.25, 0.3) is 0 Å². The van der Waals surface area contributed by atoms with E-state index in [-0.39, 0.29) is 11.6 Å². The maximum absolute atomic E-state index is 13.3. The van der Waals surface area contributed by atoms with Crippen LogP contribution >= 0.6 is 11.8 Å². The van der Waals surface area contributed by atoms with Crippen LogP contribution in [-0.4, -0.2) is 11.0 Å². The minimum atomic E-state index is -0.312. The molecule has 1 nitrogen and oxygen atoms in total. The molecule has 0 unspecified atom stereocenters. The second-order valence-electron chi connectivity index (χ2n) is 3.82. The molecule has 1 aromatic rings. The molecule has 0 radical (unpaired) electrons. The van der Waals surface area contributed by atoms with Crippen LogP contribution in [0, 0.1) is 12.7 Å². The molecule has 1 rings (SSSR count). The van der Waals surface area contributed by atoms with E-state index in [4.69, 9.17) is 0 Å². The van der Waals surface area contributed by atoms with Gasteiger partial charge < -0.3 is 0 Å². The molecule has 0 aliphatic heterocycles. The Hall–Kier alpha value is -0.830. The molecule has 0 aromatic heterocycles. The number of benzene rings is 1. The lowest BCUT2D eigenvalue weighted by molar-refractivity contribution is 0.101. The Bertz CT molecular complexity index is 385. The molecule has 0 saturated carbocycles. The first-order valence-corrected chi connectivity index (χ1v) is 5.77. The number of ketones is 1. The van der Waals surface area contributed by atoms with E-state index < -0.39 is 0 Å². The van der Waals surface area contributed by atoms with Crippen LogP contribution in [0.15, 0.2) is 17.0 Å². The minimum Gasteiger partial charge on any atom is -0.294 e. The molecule has 0 bridgehead atoms. The molecule has 0 spiro atoms. The van der Waals surface area contributed by atoms with Gasteiger partial charge in [0.05, 0.1) is 0 Å². The first-order valence-electron chi connectivity index (χ1n) is 4.89. The van der Waals surface area contributed by atoms with E-state index in [1.165, 1.54) is 13.0 Å². The number of hydrogen-bond donors (Lipinski definition) is 0. The van der Waals surface area contributed by atoms with E-state index in [1.54, 1.807) is 24.8 Å². The maximum Gasteiger partial charge on any atom is 0.161 e. The van der Waals surface area contributed by atoms with E-state index in [2.05, 4.69) is 0 Å². The van der Waals surface area contributed by atoms with E-state index in [9.17, 15) is 9.18 Å². The molecule has 0 fully saturated rings. The molecule has 82 valence electrons. The highest BCUT2D eigenvalue weighted by Crippen LogP contribution is 2.29. The summed E-state index contributed by atoms with van der Waals surface area (Å²) in [6.45, 7) is 7.28. The van der Waals surface area contributed by atoms with Gasteiger partial charge in [-0.2, -0.15) is 0 Å². The summed E-state index contributed by atoms with van der Waals surface area (Å²) in [6, 6.07) is 3.08. The number of aryl methyl sites for hydroxylation is 1. The quantitative estimate of drug-likeness (QED) is 0.575. The Morgan fingerprint density at radius 2 is 2.00 bits per heavy atom. The molecule has 0 aliphatic carbocycles. The predicted molar refractivity (Wildman–Crippen MR) is 62.1 cm³/mol. The third-order valence-electron chi connectivity index (χ3n) is 2.00. The Labute approximate surface area is 94.1 Å². The van der Waals surface area contributed by atoms with Crippen molar-refractivity contribution in [2.45, 2.75) is 37.8 Å². The molecular formula is C12H15FOS. The van der Waals surface area contributed by atoms with Crippen molar-refractivity contribution in [3.8, 4) is 0 Å². The third-order valence-corrected chi connectivity index (χ3v) is 3.07. The zero-order chi connectivity index (χ0) is 11.6. The maximum atomic E-state index is 13.3. The van der Waals surface area contributed by atoms with Gasteiger partial charge in [-0.25, -0.2) is 4.39 Å². The third kappa shape index (κ3) is 3.06. The predicted octanol–water partition coefficient (Wildman–Crippen LogP) is 3.84. The molecule has 3 heteroatoms.